The zero-order valence-corrected chi connectivity index (χ0v) is 23.2. The number of nitrogens with two attached hydrogens (primary N) is 1. The number of ether oxygens (including phenoxy) is 7. The van der Waals surface area contributed by atoms with Crippen LogP contribution in [0.2, 0.25) is 0 Å². The highest BCUT2D eigenvalue weighted by atomic mass is 16.8. The van der Waals surface area contributed by atoms with Crippen LogP contribution in [0, 0.1) is 0 Å². The van der Waals surface area contributed by atoms with Gasteiger partial charge in [-0.05, 0) is 20.8 Å². The summed E-state index contributed by atoms with van der Waals surface area (Å²) in [5.41, 5.74) is 5.93. The molecule has 0 aromatic rings. The van der Waals surface area contributed by atoms with Gasteiger partial charge in [0.05, 0.1) is 31.0 Å². The van der Waals surface area contributed by atoms with Crippen molar-refractivity contribution in [3.05, 3.63) is 0 Å². The first-order valence-electron chi connectivity index (χ1n) is 13.7. The largest absolute Gasteiger partial charge is 0.388 e. The van der Waals surface area contributed by atoms with E-state index in [1.807, 2.05) is 0 Å². The molecule has 42 heavy (non-hydrogen) atoms. The lowest BCUT2D eigenvalue weighted by atomic mass is 9.96. The van der Waals surface area contributed by atoms with Crippen LogP contribution in [-0.4, -0.2) is 180 Å². The summed E-state index contributed by atoms with van der Waals surface area (Å²) < 4.78 is 38.7. The van der Waals surface area contributed by atoms with Gasteiger partial charge in [-0.15, -0.1) is 0 Å². The zero-order valence-electron chi connectivity index (χ0n) is 23.2. The summed E-state index contributed by atoms with van der Waals surface area (Å²) in [6, 6.07) is -1.20. The molecule has 18 heteroatoms. The Hall–Kier alpha value is -0.720. The van der Waals surface area contributed by atoms with Gasteiger partial charge in [0.15, 0.2) is 25.2 Å². The molecule has 18 nitrogen and oxygen atoms in total. The first-order chi connectivity index (χ1) is 19.6. The summed E-state index contributed by atoms with van der Waals surface area (Å²) >= 11 is 0. The van der Waals surface area contributed by atoms with Gasteiger partial charge in [-0.25, -0.2) is 0 Å². The molecule has 4 saturated heterocycles. The smallest absolute Gasteiger partial charge is 0.187 e. The predicted octanol–water partition coefficient (Wildman–Crippen LogP) is -6.70. The second kappa shape index (κ2) is 13.7. The third-order valence-electron chi connectivity index (χ3n) is 8.15. The van der Waals surface area contributed by atoms with Gasteiger partial charge in [0, 0.05) is 0 Å². The van der Waals surface area contributed by atoms with Gasteiger partial charge in [-0.1, -0.05) is 0 Å². The Labute approximate surface area is 240 Å². The summed E-state index contributed by atoms with van der Waals surface area (Å²) in [6.45, 7) is 3.76. The van der Waals surface area contributed by atoms with Gasteiger partial charge in [0.2, 0.25) is 0 Å². The minimum absolute atomic E-state index is 0.523. The Morgan fingerprint density at radius 2 is 1.00 bits per heavy atom. The van der Waals surface area contributed by atoms with Crippen molar-refractivity contribution in [2.45, 2.75) is 144 Å². The first kappa shape index (κ1) is 34.2. The fraction of sp³-hybridized carbons (Fsp3) is 1.00. The van der Waals surface area contributed by atoms with E-state index in [0.717, 1.165) is 0 Å². The molecule has 0 saturated carbocycles. The SMILES string of the molecule is C[C@@H]1O[C@H](O[C@@H]2[C@@H](O)[C@H](O[C@@H]3[C@@H](O)[C@H](C)OC(O)[C@@H]3O)O[C@H](CO[C@@H]3O[C@@H](C)[C@@H](O)[C@@H](O)[C@@H]3N)[C@H]2O)[C@H](O)[C@H](O)[C@H]1O. The predicted molar refractivity (Wildman–Crippen MR) is 132 cm³/mol. The van der Waals surface area contributed by atoms with E-state index in [2.05, 4.69) is 0 Å². The van der Waals surface area contributed by atoms with Crippen LogP contribution < -0.4 is 5.73 Å². The highest BCUT2D eigenvalue weighted by Gasteiger charge is 2.53. The second-order valence-corrected chi connectivity index (χ2v) is 11.2. The van der Waals surface area contributed by atoms with Crippen LogP contribution in [0.15, 0.2) is 0 Å². The Balaban J connectivity index is 1.54. The average Bonchev–Trinajstić information content (AvgIpc) is 2.95. The van der Waals surface area contributed by atoms with Gasteiger partial charge < -0.3 is 90.0 Å². The molecule has 4 heterocycles. The van der Waals surface area contributed by atoms with Crippen molar-refractivity contribution in [2.24, 2.45) is 5.73 Å². The van der Waals surface area contributed by atoms with E-state index in [-0.39, 0.29) is 0 Å². The molecule has 4 aliphatic rings. The van der Waals surface area contributed by atoms with Crippen molar-refractivity contribution in [3.8, 4) is 0 Å². The molecule has 0 aromatic carbocycles. The Morgan fingerprint density at radius 1 is 0.500 bits per heavy atom. The molecule has 0 aromatic heterocycles. The van der Waals surface area contributed by atoms with Crippen LogP contribution >= 0.6 is 0 Å². The van der Waals surface area contributed by atoms with Gasteiger partial charge in [-0.3, -0.25) is 0 Å². The maximum atomic E-state index is 11.1. The van der Waals surface area contributed by atoms with Crippen LogP contribution in [0.3, 0.4) is 0 Å². The third-order valence-corrected chi connectivity index (χ3v) is 8.15. The van der Waals surface area contributed by atoms with E-state index >= 15 is 0 Å². The summed E-state index contributed by atoms with van der Waals surface area (Å²) in [7, 11) is 0. The fourth-order valence-corrected chi connectivity index (χ4v) is 5.31. The van der Waals surface area contributed by atoms with Crippen LogP contribution in [0.25, 0.3) is 0 Å². The number of aliphatic hydroxyl groups excluding tert-OH is 10. The maximum Gasteiger partial charge on any atom is 0.187 e. The van der Waals surface area contributed by atoms with Gasteiger partial charge in [0.1, 0.15) is 73.2 Å². The standard InChI is InChI=1S/C24H43NO17/c1-5-10(26)14(30)9(25)22(38-5)36-4-8-13(29)20(42-23-16(32)15(31)11(27)6(2)39-23)18(34)24(40-8)41-19-12(28)7(3)37-21(35)17(19)33/h5-24,26-35H,4,25H2,1-3H3/t5-,6-,7-,8+,9-,10+,11-,12-,13+,14-,15+,16+,17+,18+,19+,20-,21?,22+,23+,24-/m0/s1. The third kappa shape index (κ3) is 6.76. The van der Waals surface area contributed by atoms with Crippen molar-refractivity contribution >= 4 is 0 Å². The van der Waals surface area contributed by atoms with E-state index < -0.39 is 129 Å². The van der Waals surface area contributed by atoms with E-state index in [1.165, 1.54) is 20.8 Å². The summed E-state index contributed by atoms with van der Waals surface area (Å²) in [5.74, 6) is 0. The minimum atomic E-state index is -1.88. The van der Waals surface area contributed by atoms with Crippen LogP contribution in [-0.2, 0) is 33.2 Å². The first-order valence-corrected chi connectivity index (χ1v) is 13.7. The van der Waals surface area contributed by atoms with Crippen LogP contribution in [0.1, 0.15) is 20.8 Å². The molecule has 0 bridgehead atoms. The topological polar surface area (TPSA) is 293 Å². The lowest BCUT2D eigenvalue weighted by molar-refractivity contribution is -0.380. The highest BCUT2D eigenvalue weighted by Crippen LogP contribution is 2.33. The number of hydrogen-bond donors (Lipinski definition) is 11. The van der Waals surface area contributed by atoms with Crippen molar-refractivity contribution in [2.75, 3.05) is 6.61 Å². The Bertz CT molecular complexity index is 861. The molecule has 0 amide bonds. The second-order valence-electron chi connectivity index (χ2n) is 11.2. The fourth-order valence-electron chi connectivity index (χ4n) is 5.31. The molecule has 0 aliphatic carbocycles. The molecular formula is C24H43NO17. The van der Waals surface area contributed by atoms with Crippen LogP contribution in [0.5, 0.6) is 0 Å². The lowest BCUT2D eigenvalue weighted by Gasteiger charge is -2.48. The lowest BCUT2D eigenvalue weighted by Crippen LogP contribution is -2.66. The molecule has 20 atom stereocenters. The summed E-state index contributed by atoms with van der Waals surface area (Å²) in [4.78, 5) is 0. The summed E-state index contributed by atoms with van der Waals surface area (Å²) in [6.07, 6.45) is -28.5. The van der Waals surface area contributed by atoms with E-state index in [1.54, 1.807) is 0 Å². The number of rotatable bonds is 7. The van der Waals surface area contributed by atoms with Gasteiger partial charge in [0.25, 0.3) is 0 Å². The Kier molecular flexibility index (Phi) is 11.2. The van der Waals surface area contributed by atoms with Crippen molar-refractivity contribution < 1.29 is 84.2 Å². The average molecular weight is 618 g/mol. The zero-order chi connectivity index (χ0) is 31.2. The maximum absolute atomic E-state index is 11.1. The molecule has 12 N–H and O–H groups in total. The monoisotopic (exact) mass is 617 g/mol. The molecule has 0 radical (unpaired) electrons. The Morgan fingerprint density at radius 3 is 1.62 bits per heavy atom. The van der Waals surface area contributed by atoms with E-state index in [9.17, 15) is 51.1 Å². The number of hydrogen-bond acceptors (Lipinski definition) is 18. The molecule has 0 spiro atoms. The molecular weight excluding hydrogens is 574 g/mol. The van der Waals surface area contributed by atoms with Gasteiger partial charge >= 0.3 is 0 Å². The van der Waals surface area contributed by atoms with Crippen LogP contribution in [0.4, 0.5) is 0 Å². The van der Waals surface area contributed by atoms with Crippen molar-refractivity contribution in [3.63, 3.8) is 0 Å². The highest BCUT2D eigenvalue weighted by molar-refractivity contribution is 4.96. The number of aliphatic hydroxyl groups is 10. The van der Waals surface area contributed by atoms with Crippen molar-refractivity contribution in [1.82, 2.24) is 0 Å². The van der Waals surface area contributed by atoms with E-state index in [4.69, 9.17) is 38.9 Å². The molecule has 246 valence electrons. The normalized spacial score (nSPS) is 55.9. The minimum Gasteiger partial charge on any atom is -0.388 e. The molecule has 4 fully saturated rings. The molecule has 4 rings (SSSR count). The van der Waals surface area contributed by atoms with Gasteiger partial charge in [-0.2, -0.15) is 0 Å². The quantitative estimate of drug-likeness (QED) is 0.126. The van der Waals surface area contributed by atoms with Crippen molar-refractivity contribution in [1.29, 1.82) is 0 Å². The molecule has 4 aliphatic heterocycles. The summed E-state index contributed by atoms with van der Waals surface area (Å²) in [5, 5.41) is 104. The molecule has 1 unspecified atom stereocenters. The van der Waals surface area contributed by atoms with E-state index in [0.29, 0.717) is 0 Å².